The SMILES string of the molecule is CCCNC(C)c1cn(C(C)(C)C)nn1. The molecule has 1 aromatic heterocycles. The zero-order chi connectivity index (χ0) is 11.5. The fourth-order valence-electron chi connectivity index (χ4n) is 1.27. The molecule has 1 atom stereocenters. The van der Waals surface area contributed by atoms with Crippen LogP contribution in [0.1, 0.15) is 52.8 Å². The number of hydrogen-bond acceptors (Lipinski definition) is 3. The van der Waals surface area contributed by atoms with Gasteiger partial charge < -0.3 is 5.32 Å². The van der Waals surface area contributed by atoms with Crippen LogP contribution in [0.25, 0.3) is 0 Å². The molecule has 1 aromatic rings. The maximum atomic E-state index is 4.19. The van der Waals surface area contributed by atoms with Crippen LogP contribution in [0.15, 0.2) is 6.20 Å². The van der Waals surface area contributed by atoms with Crippen molar-refractivity contribution in [2.75, 3.05) is 6.54 Å². The van der Waals surface area contributed by atoms with Crippen LogP contribution in [0.5, 0.6) is 0 Å². The van der Waals surface area contributed by atoms with E-state index in [9.17, 15) is 0 Å². The van der Waals surface area contributed by atoms with E-state index >= 15 is 0 Å². The van der Waals surface area contributed by atoms with E-state index in [0.717, 1.165) is 18.7 Å². The lowest BCUT2D eigenvalue weighted by Gasteiger charge is -2.17. The number of rotatable bonds is 4. The van der Waals surface area contributed by atoms with Crippen molar-refractivity contribution in [3.8, 4) is 0 Å². The molecule has 0 saturated heterocycles. The van der Waals surface area contributed by atoms with Crippen LogP contribution < -0.4 is 5.32 Å². The zero-order valence-corrected chi connectivity index (χ0v) is 10.4. The second kappa shape index (κ2) is 4.75. The third-order valence-corrected chi connectivity index (χ3v) is 2.34. The third-order valence-electron chi connectivity index (χ3n) is 2.34. The Morgan fingerprint density at radius 2 is 2.13 bits per heavy atom. The molecule has 0 aliphatic heterocycles. The first kappa shape index (κ1) is 12.2. The Morgan fingerprint density at radius 3 is 2.60 bits per heavy atom. The summed E-state index contributed by atoms with van der Waals surface area (Å²) in [5.41, 5.74) is 1.02. The molecule has 0 spiro atoms. The monoisotopic (exact) mass is 210 g/mol. The van der Waals surface area contributed by atoms with Crippen LogP contribution >= 0.6 is 0 Å². The molecule has 1 unspecified atom stereocenters. The van der Waals surface area contributed by atoms with Gasteiger partial charge in [-0.1, -0.05) is 12.1 Å². The van der Waals surface area contributed by atoms with Crippen molar-refractivity contribution >= 4 is 0 Å². The quantitative estimate of drug-likeness (QED) is 0.827. The lowest BCUT2D eigenvalue weighted by molar-refractivity contribution is 0.346. The van der Waals surface area contributed by atoms with Crippen LogP contribution in [-0.2, 0) is 5.54 Å². The lowest BCUT2D eigenvalue weighted by atomic mass is 10.1. The second-order valence-corrected chi connectivity index (χ2v) is 4.93. The van der Waals surface area contributed by atoms with Crippen molar-refractivity contribution in [2.45, 2.75) is 52.6 Å². The normalized spacial score (nSPS) is 14.2. The van der Waals surface area contributed by atoms with Crippen LogP contribution in [-0.4, -0.2) is 21.5 Å². The molecular weight excluding hydrogens is 188 g/mol. The summed E-state index contributed by atoms with van der Waals surface area (Å²) in [6.07, 6.45) is 3.16. The Hall–Kier alpha value is -0.900. The van der Waals surface area contributed by atoms with Crippen molar-refractivity contribution in [3.05, 3.63) is 11.9 Å². The molecule has 0 radical (unpaired) electrons. The highest BCUT2D eigenvalue weighted by atomic mass is 15.4. The first-order chi connectivity index (χ1) is 6.95. The van der Waals surface area contributed by atoms with Crippen molar-refractivity contribution in [3.63, 3.8) is 0 Å². The second-order valence-electron chi connectivity index (χ2n) is 4.93. The van der Waals surface area contributed by atoms with Gasteiger partial charge in [0.25, 0.3) is 0 Å². The molecule has 4 nitrogen and oxygen atoms in total. The summed E-state index contributed by atoms with van der Waals surface area (Å²) in [7, 11) is 0. The van der Waals surface area contributed by atoms with Crippen LogP contribution in [0.4, 0.5) is 0 Å². The predicted octanol–water partition coefficient (Wildman–Crippen LogP) is 2.09. The number of hydrogen-bond donors (Lipinski definition) is 1. The highest BCUT2D eigenvalue weighted by Gasteiger charge is 2.17. The standard InChI is InChI=1S/C11H22N4/c1-6-7-12-9(2)10-8-15(14-13-10)11(3,4)5/h8-9,12H,6-7H2,1-5H3. The van der Waals surface area contributed by atoms with Gasteiger partial charge in [-0.25, -0.2) is 4.68 Å². The number of nitrogens with zero attached hydrogens (tertiary/aromatic N) is 3. The van der Waals surface area contributed by atoms with Gasteiger partial charge in [0, 0.05) is 0 Å². The van der Waals surface area contributed by atoms with Crippen molar-refractivity contribution < 1.29 is 0 Å². The van der Waals surface area contributed by atoms with Gasteiger partial charge in [0.2, 0.25) is 0 Å². The first-order valence-corrected chi connectivity index (χ1v) is 5.61. The fraction of sp³-hybridized carbons (Fsp3) is 0.818. The smallest absolute Gasteiger partial charge is 0.0993 e. The van der Waals surface area contributed by atoms with E-state index in [-0.39, 0.29) is 11.6 Å². The molecule has 0 amide bonds. The van der Waals surface area contributed by atoms with Gasteiger partial charge >= 0.3 is 0 Å². The molecule has 1 N–H and O–H groups in total. The molecule has 15 heavy (non-hydrogen) atoms. The van der Waals surface area contributed by atoms with Gasteiger partial charge in [0.15, 0.2) is 0 Å². The minimum absolute atomic E-state index is 0.00965. The first-order valence-electron chi connectivity index (χ1n) is 5.61. The Kier molecular flexibility index (Phi) is 3.85. The summed E-state index contributed by atoms with van der Waals surface area (Å²) in [5, 5.41) is 11.7. The van der Waals surface area contributed by atoms with Gasteiger partial charge in [-0.3, -0.25) is 0 Å². The third kappa shape index (κ3) is 3.30. The zero-order valence-electron chi connectivity index (χ0n) is 10.4. The van der Waals surface area contributed by atoms with E-state index in [0.29, 0.717) is 0 Å². The average molecular weight is 210 g/mol. The van der Waals surface area contributed by atoms with Gasteiger partial charge in [0.1, 0.15) is 0 Å². The molecule has 0 aromatic carbocycles. The largest absolute Gasteiger partial charge is 0.309 e. The topological polar surface area (TPSA) is 42.7 Å². The summed E-state index contributed by atoms with van der Waals surface area (Å²) < 4.78 is 1.91. The molecule has 86 valence electrons. The van der Waals surface area contributed by atoms with Gasteiger partial charge in [-0.2, -0.15) is 0 Å². The fourth-order valence-corrected chi connectivity index (χ4v) is 1.27. The molecule has 0 fully saturated rings. The minimum Gasteiger partial charge on any atom is -0.309 e. The summed E-state index contributed by atoms with van der Waals surface area (Å²) >= 11 is 0. The summed E-state index contributed by atoms with van der Waals surface area (Å²) in [6.45, 7) is 11.7. The molecule has 1 rings (SSSR count). The number of aromatic nitrogens is 3. The summed E-state index contributed by atoms with van der Waals surface area (Å²) in [4.78, 5) is 0. The molecule has 4 heteroatoms. The van der Waals surface area contributed by atoms with Gasteiger partial charge in [-0.15, -0.1) is 5.10 Å². The van der Waals surface area contributed by atoms with E-state index in [1.165, 1.54) is 0 Å². The number of nitrogens with one attached hydrogen (secondary N) is 1. The molecular formula is C11H22N4. The van der Waals surface area contributed by atoms with Gasteiger partial charge in [-0.05, 0) is 40.7 Å². The molecule has 0 bridgehead atoms. The Balaban J connectivity index is 2.67. The lowest BCUT2D eigenvalue weighted by Crippen LogP contribution is -2.22. The predicted molar refractivity (Wildman–Crippen MR) is 61.7 cm³/mol. The maximum absolute atomic E-state index is 4.19. The summed E-state index contributed by atoms with van der Waals surface area (Å²) in [5.74, 6) is 0. The molecule has 0 aliphatic rings. The highest BCUT2D eigenvalue weighted by Crippen LogP contribution is 2.15. The van der Waals surface area contributed by atoms with E-state index in [2.05, 4.69) is 50.2 Å². The molecule has 0 saturated carbocycles. The highest BCUT2D eigenvalue weighted by molar-refractivity contribution is 5.00. The van der Waals surface area contributed by atoms with E-state index in [1.54, 1.807) is 0 Å². The van der Waals surface area contributed by atoms with Crippen molar-refractivity contribution in [1.82, 2.24) is 20.3 Å². The van der Waals surface area contributed by atoms with Crippen LogP contribution in [0, 0.1) is 0 Å². The minimum atomic E-state index is 0.00965. The molecule has 1 heterocycles. The molecule has 0 aliphatic carbocycles. The Bertz CT molecular complexity index is 298. The van der Waals surface area contributed by atoms with Crippen molar-refractivity contribution in [2.24, 2.45) is 0 Å². The Morgan fingerprint density at radius 1 is 1.47 bits per heavy atom. The van der Waals surface area contributed by atoms with E-state index in [1.807, 2.05) is 10.9 Å². The Labute approximate surface area is 92.1 Å². The van der Waals surface area contributed by atoms with E-state index < -0.39 is 0 Å². The van der Waals surface area contributed by atoms with Gasteiger partial charge in [0.05, 0.1) is 23.5 Å². The summed E-state index contributed by atoms with van der Waals surface area (Å²) in [6, 6.07) is 0.279. The van der Waals surface area contributed by atoms with E-state index in [4.69, 9.17) is 0 Å². The van der Waals surface area contributed by atoms with Crippen LogP contribution in [0.3, 0.4) is 0 Å². The van der Waals surface area contributed by atoms with Crippen molar-refractivity contribution in [1.29, 1.82) is 0 Å². The van der Waals surface area contributed by atoms with Crippen LogP contribution in [0.2, 0.25) is 0 Å². The average Bonchev–Trinajstić information content (AvgIpc) is 2.62. The maximum Gasteiger partial charge on any atom is 0.0993 e.